The van der Waals surface area contributed by atoms with Gasteiger partial charge in [0, 0.05) is 18.5 Å². The van der Waals surface area contributed by atoms with Crippen LogP contribution < -0.4 is 10.6 Å². The molecule has 0 aromatic heterocycles. The van der Waals surface area contributed by atoms with E-state index in [1.807, 2.05) is 70.2 Å². The number of rotatable bonds is 10. The van der Waals surface area contributed by atoms with Gasteiger partial charge in [-0.15, -0.1) is 0 Å². The molecule has 3 rings (SSSR count). The second kappa shape index (κ2) is 14.5. The summed E-state index contributed by atoms with van der Waals surface area (Å²) in [6.45, 7) is 13.4. The van der Waals surface area contributed by atoms with Crippen molar-refractivity contribution in [2.45, 2.75) is 123 Å². The first-order valence-electron chi connectivity index (χ1n) is 15.1. The molecular formula is C34H49N3O4. The molecule has 0 saturated heterocycles. The van der Waals surface area contributed by atoms with Crippen LogP contribution in [0.2, 0.25) is 0 Å². The first-order chi connectivity index (χ1) is 19.4. The summed E-state index contributed by atoms with van der Waals surface area (Å²) in [4.78, 5) is 43.4. The standard InChI is InChI=1S/C34H49N3O4/c1-8-25(4)37(32(39)29(22-26-15-11-9-12-16-26)36-33(40)41-34(5,6)7)30(27-20-23(2)19-24(3)21-27)31(38)35-28-17-13-10-14-18-28/h9,11-12,15-16,19-21,25,28-30H,8,10,13-14,17-18,22H2,1-7H3,(H,35,38)(H,36,40). The lowest BCUT2D eigenvalue weighted by Crippen LogP contribution is -2.56. The summed E-state index contributed by atoms with van der Waals surface area (Å²) in [5.41, 5.74) is 3.02. The van der Waals surface area contributed by atoms with E-state index in [-0.39, 0.29) is 30.3 Å². The van der Waals surface area contributed by atoms with E-state index >= 15 is 0 Å². The Morgan fingerprint density at radius 2 is 1.59 bits per heavy atom. The van der Waals surface area contributed by atoms with Gasteiger partial charge in [0.05, 0.1) is 0 Å². The minimum absolute atomic E-state index is 0.0959. The van der Waals surface area contributed by atoms with Gasteiger partial charge >= 0.3 is 6.09 Å². The summed E-state index contributed by atoms with van der Waals surface area (Å²) in [6, 6.07) is 13.7. The Morgan fingerprint density at radius 1 is 0.976 bits per heavy atom. The molecule has 3 amide bonds. The molecule has 0 heterocycles. The highest BCUT2D eigenvalue weighted by Crippen LogP contribution is 2.29. The van der Waals surface area contributed by atoms with Crippen LogP contribution in [0.15, 0.2) is 48.5 Å². The van der Waals surface area contributed by atoms with Gasteiger partial charge in [-0.3, -0.25) is 9.59 Å². The van der Waals surface area contributed by atoms with Crippen molar-refractivity contribution in [3.05, 3.63) is 70.8 Å². The lowest BCUT2D eigenvalue weighted by atomic mass is 9.93. The molecule has 1 saturated carbocycles. The van der Waals surface area contributed by atoms with Crippen molar-refractivity contribution in [3.63, 3.8) is 0 Å². The van der Waals surface area contributed by atoms with Gasteiger partial charge in [-0.2, -0.15) is 0 Å². The number of carbonyl (C=O) groups excluding carboxylic acids is 3. The maximum Gasteiger partial charge on any atom is 0.408 e. The van der Waals surface area contributed by atoms with E-state index in [1.165, 1.54) is 6.42 Å². The summed E-state index contributed by atoms with van der Waals surface area (Å²) in [6.07, 6.45) is 5.51. The highest BCUT2D eigenvalue weighted by molar-refractivity contribution is 5.92. The van der Waals surface area contributed by atoms with E-state index in [2.05, 4.69) is 16.7 Å². The maximum absolute atomic E-state index is 14.6. The Bertz CT molecular complexity index is 1150. The van der Waals surface area contributed by atoms with E-state index in [1.54, 1.807) is 25.7 Å². The van der Waals surface area contributed by atoms with Crippen LogP contribution in [0.4, 0.5) is 4.79 Å². The predicted octanol–water partition coefficient (Wildman–Crippen LogP) is 6.56. The molecule has 2 aromatic carbocycles. The first-order valence-corrected chi connectivity index (χ1v) is 15.1. The van der Waals surface area contributed by atoms with Crippen molar-refractivity contribution < 1.29 is 19.1 Å². The van der Waals surface area contributed by atoms with Crippen LogP contribution in [0, 0.1) is 13.8 Å². The van der Waals surface area contributed by atoms with Crippen molar-refractivity contribution in [3.8, 4) is 0 Å². The Morgan fingerprint density at radius 3 is 2.15 bits per heavy atom. The van der Waals surface area contributed by atoms with E-state index in [0.717, 1.165) is 47.9 Å². The van der Waals surface area contributed by atoms with Gasteiger partial charge in [0.1, 0.15) is 17.7 Å². The van der Waals surface area contributed by atoms with Crippen molar-refractivity contribution in [2.24, 2.45) is 0 Å². The average Bonchev–Trinajstić information content (AvgIpc) is 2.90. The fourth-order valence-corrected chi connectivity index (χ4v) is 5.61. The quantitative estimate of drug-likeness (QED) is 0.343. The highest BCUT2D eigenvalue weighted by atomic mass is 16.6. The number of hydrogen-bond acceptors (Lipinski definition) is 4. The minimum Gasteiger partial charge on any atom is -0.444 e. The van der Waals surface area contributed by atoms with Gasteiger partial charge in [0.25, 0.3) is 0 Å². The molecule has 2 N–H and O–H groups in total. The Hall–Kier alpha value is -3.35. The van der Waals surface area contributed by atoms with E-state index in [0.29, 0.717) is 6.42 Å². The third kappa shape index (κ3) is 9.61. The zero-order chi connectivity index (χ0) is 30.2. The Labute approximate surface area is 246 Å². The largest absolute Gasteiger partial charge is 0.444 e. The van der Waals surface area contributed by atoms with Crippen LogP contribution in [0.5, 0.6) is 0 Å². The summed E-state index contributed by atoms with van der Waals surface area (Å²) >= 11 is 0. The number of benzene rings is 2. The van der Waals surface area contributed by atoms with E-state index in [9.17, 15) is 14.4 Å². The normalized spacial score (nSPS) is 16.3. The molecule has 224 valence electrons. The molecule has 1 fully saturated rings. The molecule has 7 nitrogen and oxygen atoms in total. The number of amides is 3. The summed E-state index contributed by atoms with van der Waals surface area (Å²) in [5, 5.41) is 6.13. The van der Waals surface area contributed by atoms with Crippen LogP contribution in [0.1, 0.15) is 101 Å². The zero-order valence-electron chi connectivity index (χ0n) is 26.0. The number of nitrogens with one attached hydrogen (secondary N) is 2. The maximum atomic E-state index is 14.6. The molecule has 0 spiro atoms. The van der Waals surface area contributed by atoms with Crippen LogP contribution in [0.25, 0.3) is 0 Å². The molecule has 3 unspecified atom stereocenters. The third-order valence-electron chi connectivity index (χ3n) is 7.63. The molecule has 0 bridgehead atoms. The van der Waals surface area contributed by atoms with Gasteiger partial charge in [0.15, 0.2) is 0 Å². The lowest BCUT2D eigenvalue weighted by molar-refractivity contribution is -0.145. The number of carbonyl (C=O) groups is 3. The van der Waals surface area contributed by atoms with Crippen LogP contribution >= 0.6 is 0 Å². The predicted molar refractivity (Wildman–Crippen MR) is 164 cm³/mol. The number of hydrogen-bond donors (Lipinski definition) is 2. The second-order valence-electron chi connectivity index (χ2n) is 12.6. The summed E-state index contributed by atoms with van der Waals surface area (Å²) in [5.74, 6) is -0.483. The van der Waals surface area contributed by atoms with Crippen molar-refractivity contribution in [1.82, 2.24) is 15.5 Å². The molecule has 1 aliphatic carbocycles. The van der Waals surface area contributed by atoms with Crippen molar-refractivity contribution in [1.29, 1.82) is 0 Å². The van der Waals surface area contributed by atoms with Crippen molar-refractivity contribution >= 4 is 17.9 Å². The van der Waals surface area contributed by atoms with Gasteiger partial charge < -0.3 is 20.3 Å². The smallest absolute Gasteiger partial charge is 0.408 e. The average molecular weight is 564 g/mol. The van der Waals surface area contributed by atoms with Gasteiger partial charge in [0.2, 0.25) is 11.8 Å². The fraction of sp³-hybridized carbons (Fsp3) is 0.559. The molecule has 7 heteroatoms. The first kappa shape index (κ1) is 32.2. The molecule has 3 atom stereocenters. The monoisotopic (exact) mass is 563 g/mol. The fourth-order valence-electron chi connectivity index (χ4n) is 5.61. The molecule has 0 radical (unpaired) electrons. The van der Waals surface area contributed by atoms with Crippen LogP contribution in [-0.4, -0.2) is 46.5 Å². The van der Waals surface area contributed by atoms with Crippen LogP contribution in [-0.2, 0) is 20.7 Å². The topological polar surface area (TPSA) is 87.7 Å². The Balaban J connectivity index is 2.06. The van der Waals surface area contributed by atoms with E-state index in [4.69, 9.17) is 4.74 Å². The second-order valence-corrected chi connectivity index (χ2v) is 12.6. The van der Waals surface area contributed by atoms with Crippen molar-refractivity contribution in [2.75, 3.05) is 0 Å². The number of nitrogens with zero attached hydrogens (tertiary/aromatic N) is 1. The number of alkyl carbamates (subject to hydrolysis) is 1. The Kier molecular flexibility index (Phi) is 11.4. The van der Waals surface area contributed by atoms with Gasteiger partial charge in [-0.25, -0.2) is 4.79 Å². The molecule has 2 aromatic rings. The SMILES string of the molecule is CCC(C)N(C(=O)C(Cc1ccccc1)NC(=O)OC(C)(C)C)C(C(=O)NC1CCCCC1)c1cc(C)cc(C)c1. The van der Waals surface area contributed by atoms with Gasteiger partial charge in [-0.05, 0) is 71.9 Å². The third-order valence-corrected chi connectivity index (χ3v) is 7.63. The minimum atomic E-state index is -0.919. The number of ether oxygens (including phenoxy) is 1. The summed E-state index contributed by atoms with van der Waals surface area (Å²) in [7, 11) is 0. The zero-order valence-corrected chi connectivity index (χ0v) is 26.0. The molecule has 0 aliphatic heterocycles. The highest BCUT2D eigenvalue weighted by Gasteiger charge is 2.39. The summed E-state index contributed by atoms with van der Waals surface area (Å²) < 4.78 is 5.55. The molecule has 1 aliphatic rings. The molecular weight excluding hydrogens is 514 g/mol. The lowest BCUT2D eigenvalue weighted by Gasteiger charge is -2.39. The van der Waals surface area contributed by atoms with Gasteiger partial charge in [-0.1, -0.05) is 85.8 Å². The number of aryl methyl sites for hydroxylation is 2. The molecule has 41 heavy (non-hydrogen) atoms. The van der Waals surface area contributed by atoms with Crippen LogP contribution in [0.3, 0.4) is 0 Å². The van der Waals surface area contributed by atoms with E-state index < -0.39 is 23.8 Å².